The van der Waals surface area contributed by atoms with Gasteiger partial charge in [-0.2, -0.15) is 0 Å². The topological polar surface area (TPSA) is 110 Å². The van der Waals surface area contributed by atoms with Gasteiger partial charge in [-0.3, -0.25) is 14.5 Å². The van der Waals surface area contributed by atoms with E-state index in [1.54, 1.807) is 24.3 Å². The Hall–Kier alpha value is -3.49. The summed E-state index contributed by atoms with van der Waals surface area (Å²) in [6.07, 6.45) is 0.709. The highest BCUT2D eigenvalue weighted by Gasteiger charge is 2.38. The summed E-state index contributed by atoms with van der Waals surface area (Å²) in [6.45, 7) is 0. The third-order valence-electron chi connectivity index (χ3n) is 5.17. The average Bonchev–Trinajstić information content (AvgIpc) is 2.76. The Labute approximate surface area is 180 Å². The Morgan fingerprint density at radius 3 is 2.26 bits per heavy atom. The molecule has 0 spiro atoms. The summed E-state index contributed by atoms with van der Waals surface area (Å²) in [4.78, 5) is 27.7. The molecule has 31 heavy (non-hydrogen) atoms. The molecular weight excluding hydrogens is 414 g/mol. The van der Waals surface area contributed by atoms with Crippen molar-refractivity contribution in [1.82, 2.24) is 0 Å². The van der Waals surface area contributed by atoms with Crippen molar-refractivity contribution in [2.75, 3.05) is 10.2 Å². The zero-order valence-corrected chi connectivity index (χ0v) is 17.4. The second kappa shape index (κ2) is 8.33. The first-order chi connectivity index (χ1) is 14.8. The van der Waals surface area contributed by atoms with Gasteiger partial charge in [0, 0.05) is 6.42 Å². The third kappa shape index (κ3) is 4.35. The van der Waals surface area contributed by atoms with Crippen LogP contribution >= 0.6 is 0 Å². The number of sulfonamides is 1. The normalized spacial score (nSPS) is 15.8. The number of hydrogen-bond donors (Lipinski definition) is 2. The van der Waals surface area contributed by atoms with E-state index >= 15 is 0 Å². The van der Waals surface area contributed by atoms with Gasteiger partial charge in [0.15, 0.2) is 0 Å². The molecule has 0 saturated carbocycles. The maximum Gasteiger partial charge on any atom is 0.252 e. The number of amides is 2. The van der Waals surface area contributed by atoms with Gasteiger partial charge in [-0.25, -0.2) is 13.6 Å². The van der Waals surface area contributed by atoms with Crippen LogP contribution in [0.5, 0.6) is 0 Å². The second-order valence-corrected chi connectivity index (χ2v) is 8.84. The number of aryl methyl sites for hydroxylation is 1. The van der Waals surface area contributed by atoms with Crippen LogP contribution in [0.25, 0.3) is 0 Å². The maximum atomic E-state index is 13.3. The molecule has 3 aromatic carbocycles. The molecule has 0 bridgehead atoms. The quantitative estimate of drug-likeness (QED) is 0.642. The summed E-state index contributed by atoms with van der Waals surface area (Å²) in [7, 11) is -3.96. The van der Waals surface area contributed by atoms with E-state index in [1.807, 2.05) is 36.4 Å². The Balaban J connectivity index is 1.75. The molecule has 0 aliphatic carbocycles. The summed E-state index contributed by atoms with van der Waals surface area (Å²) in [5.41, 5.74) is 2.34. The van der Waals surface area contributed by atoms with Crippen molar-refractivity contribution in [3.05, 3.63) is 90.0 Å². The molecular formula is C23H21N3O4S. The summed E-state index contributed by atoms with van der Waals surface area (Å²) in [6, 6.07) is 21.9. The molecule has 0 saturated heterocycles. The van der Waals surface area contributed by atoms with Gasteiger partial charge in [0.05, 0.1) is 16.3 Å². The Morgan fingerprint density at radius 2 is 1.61 bits per heavy atom. The number of rotatable bonds is 5. The van der Waals surface area contributed by atoms with Crippen LogP contribution in [0.4, 0.5) is 11.4 Å². The van der Waals surface area contributed by atoms with Gasteiger partial charge < -0.3 is 5.32 Å². The lowest BCUT2D eigenvalue weighted by atomic mass is 9.99. The Bertz CT molecular complexity index is 1230. The summed E-state index contributed by atoms with van der Waals surface area (Å²) < 4.78 is 23.5. The smallest absolute Gasteiger partial charge is 0.252 e. The van der Waals surface area contributed by atoms with Gasteiger partial charge in [0.2, 0.25) is 15.9 Å². The fraction of sp³-hybridized carbons (Fsp3) is 0.130. The van der Waals surface area contributed by atoms with Gasteiger partial charge in [-0.05, 0) is 35.7 Å². The molecule has 3 N–H and O–H groups in total. The summed E-state index contributed by atoms with van der Waals surface area (Å²) in [5, 5.41) is 7.96. The van der Waals surface area contributed by atoms with Crippen molar-refractivity contribution in [3.8, 4) is 0 Å². The maximum absolute atomic E-state index is 13.3. The number of nitrogens with one attached hydrogen (secondary N) is 1. The van der Waals surface area contributed by atoms with E-state index in [0.717, 1.165) is 5.56 Å². The first-order valence-corrected chi connectivity index (χ1v) is 11.3. The average molecular weight is 436 g/mol. The molecule has 4 rings (SSSR count). The van der Waals surface area contributed by atoms with Crippen LogP contribution in [0.2, 0.25) is 0 Å². The van der Waals surface area contributed by atoms with Crippen LogP contribution in [-0.2, 0) is 26.0 Å². The summed E-state index contributed by atoms with van der Waals surface area (Å²) >= 11 is 0. The highest BCUT2D eigenvalue weighted by Crippen LogP contribution is 2.40. The molecule has 0 radical (unpaired) electrons. The minimum Gasteiger partial charge on any atom is -0.322 e. The lowest BCUT2D eigenvalue weighted by molar-refractivity contribution is -0.124. The van der Waals surface area contributed by atoms with Crippen molar-refractivity contribution in [3.63, 3.8) is 0 Å². The molecule has 1 atom stereocenters. The van der Waals surface area contributed by atoms with Crippen LogP contribution in [0.1, 0.15) is 23.6 Å². The van der Waals surface area contributed by atoms with E-state index in [-0.39, 0.29) is 22.9 Å². The van der Waals surface area contributed by atoms with Gasteiger partial charge >= 0.3 is 0 Å². The Morgan fingerprint density at radius 1 is 0.968 bits per heavy atom. The molecule has 0 aromatic heterocycles. The number of hydrogen-bond acceptors (Lipinski definition) is 4. The highest BCUT2D eigenvalue weighted by molar-refractivity contribution is 7.89. The molecule has 1 aliphatic rings. The molecule has 0 fully saturated rings. The van der Waals surface area contributed by atoms with Gasteiger partial charge in [0.25, 0.3) is 5.91 Å². The van der Waals surface area contributed by atoms with Gasteiger partial charge in [-0.1, -0.05) is 60.7 Å². The monoisotopic (exact) mass is 435 g/mol. The van der Waals surface area contributed by atoms with Crippen molar-refractivity contribution < 1.29 is 18.0 Å². The van der Waals surface area contributed by atoms with E-state index in [0.29, 0.717) is 17.7 Å². The number of carbonyl (C=O) groups is 2. The van der Waals surface area contributed by atoms with Gasteiger partial charge in [-0.15, -0.1) is 0 Å². The fourth-order valence-electron chi connectivity index (χ4n) is 3.69. The minimum atomic E-state index is -3.96. The lowest BCUT2D eigenvalue weighted by Crippen LogP contribution is -2.45. The lowest BCUT2D eigenvalue weighted by Gasteiger charge is -2.37. The predicted molar refractivity (Wildman–Crippen MR) is 118 cm³/mol. The SMILES string of the molecule is NS(=O)(=O)c1ccc2c(c1)NC(=O)C(c1ccccc1)N2C(=O)CCc1ccccc1. The fourth-order valence-corrected chi connectivity index (χ4v) is 4.23. The Kier molecular flexibility index (Phi) is 5.58. The number of nitrogens with zero attached hydrogens (tertiary/aromatic N) is 1. The molecule has 3 aromatic rings. The van der Waals surface area contributed by atoms with Crippen LogP contribution < -0.4 is 15.4 Å². The predicted octanol–water partition coefficient (Wildman–Crippen LogP) is 2.99. The molecule has 158 valence electrons. The molecule has 1 unspecified atom stereocenters. The van der Waals surface area contributed by atoms with E-state index < -0.39 is 22.0 Å². The molecule has 7 nitrogen and oxygen atoms in total. The van der Waals surface area contributed by atoms with Crippen LogP contribution in [0, 0.1) is 0 Å². The number of nitrogens with two attached hydrogens (primary N) is 1. The van der Waals surface area contributed by atoms with Crippen molar-refractivity contribution >= 4 is 33.2 Å². The molecule has 8 heteroatoms. The zero-order chi connectivity index (χ0) is 22.0. The molecule has 2 amide bonds. The minimum absolute atomic E-state index is 0.138. The second-order valence-electron chi connectivity index (χ2n) is 7.28. The number of fused-ring (bicyclic) bond motifs is 1. The van der Waals surface area contributed by atoms with Crippen molar-refractivity contribution in [1.29, 1.82) is 0 Å². The highest BCUT2D eigenvalue weighted by atomic mass is 32.2. The number of anilines is 2. The largest absolute Gasteiger partial charge is 0.322 e. The van der Waals surface area contributed by atoms with E-state index in [4.69, 9.17) is 5.14 Å². The molecule has 1 aliphatic heterocycles. The summed E-state index contributed by atoms with van der Waals surface area (Å²) in [5.74, 6) is -0.657. The standard InChI is InChI=1S/C23H21N3O4S/c24-31(29,30)18-12-13-20-19(15-18)25-23(28)22(17-9-5-2-6-10-17)26(20)21(27)14-11-16-7-3-1-4-8-16/h1-10,12-13,15,22H,11,14H2,(H,25,28)(H2,24,29,30). The number of primary sulfonamides is 1. The first kappa shape index (κ1) is 20.8. The van der Waals surface area contributed by atoms with Crippen molar-refractivity contribution in [2.24, 2.45) is 5.14 Å². The van der Waals surface area contributed by atoms with E-state index in [1.165, 1.54) is 23.1 Å². The van der Waals surface area contributed by atoms with E-state index in [9.17, 15) is 18.0 Å². The van der Waals surface area contributed by atoms with Crippen LogP contribution in [-0.4, -0.2) is 20.2 Å². The van der Waals surface area contributed by atoms with Crippen LogP contribution in [0.15, 0.2) is 83.8 Å². The van der Waals surface area contributed by atoms with Gasteiger partial charge in [0.1, 0.15) is 6.04 Å². The van der Waals surface area contributed by atoms with Crippen LogP contribution in [0.3, 0.4) is 0 Å². The first-order valence-electron chi connectivity index (χ1n) is 9.73. The number of carbonyl (C=O) groups excluding carboxylic acids is 2. The van der Waals surface area contributed by atoms with Crippen molar-refractivity contribution in [2.45, 2.75) is 23.8 Å². The number of benzene rings is 3. The third-order valence-corrected chi connectivity index (χ3v) is 6.09. The zero-order valence-electron chi connectivity index (χ0n) is 16.6. The molecule has 1 heterocycles. The van der Waals surface area contributed by atoms with E-state index in [2.05, 4.69) is 5.32 Å².